The first kappa shape index (κ1) is 13.1. The maximum atomic E-state index is 11.1. The number of amidine groups is 1. The summed E-state index contributed by atoms with van der Waals surface area (Å²) in [5, 5.41) is 7.52. The molecule has 2 rings (SSSR count). The number of nitrogens with two attached hydrogens (primary N) is 1. The third kappa shape index (κ3) is 2.72. The van der Waals surface area contributed by atoms with E-state index < -0.39 is 0 Å². The molecule has 4 N–H and O–H groups in total. The second-order valence-electron chi connectivity index (χ2n) is 5.03. The number of aldehydes is 1. The van der Waals surface area contributed by atoms with E-state index in [0.717, 1.165) is 31.4 Å². The van der Waals surface area contributed by atoms with Crippen molar-refractivity contribution in [2.75, 3.05) is 0 Å². The van der Waals surface area contributed by atoms with E-state index in [1.165, 1.54) is 19.3 Å². The molecule has 1 heterocycles. The van der Waals surface area contributed by atoms with E-state index in [0.29, 0.717) is 17.3 Å². The molecular weight excluding hydrogens is 228 g/mol. The Hall–Kier alpha value is -1.36. The summed E-state index contributed by atoms with van der Waals surface area (Å²) in [5.74, 6) is 1.34. The molecule has 0 aromatic carbocycles. The predicted octanol–water partition coefficient (Wildman–Crippen LogP) is 1.22. The average molecular weight is 250 g/mol. The van der Waals surface area contributed by atoms with E-state index in [9.17, 15) is 4.79 Å². The van der Waals surface area contributed by atoms with Crippen molar-refractivity contribution >= 4 is 12.1 Å². The molecule has 2 aliphatic rings. The van der Waals surface area contributed by atoms with Gasteiger partial charge >= 0.3 is 0 Å². The summed E-state index contributed by atoms with van der Waals surface area (Å²) in [4.78, 5) is 11.1. The molecule has 1 aliphatic heterocycles. The molecule has 0 amide bonds. The Bertz CT molecular complexity index is 369. The van der Waals surface area contributed by atoms with Crippen molar-refractivity contribution in [1.29, 1.82) is 0 Å². The fraction of sp³-hybridized carbons (Fsp3) is 0.692. The number of hydrazone groups is 1. The highest BCUT2D eigenvalue weighted by Gasteiger charge is 2.25. The molecule has 1 fully saturated rings. The van der Waals surface area contributed by atoms with Gasteiger partial charge in [-0.3, -0.25) is 10.2 Å². The van der Waals surface area contributed by atoms with Gasteiger partial charge in [-0.15, -0.1) is 0 Å². The maximum Gasteiger partial charge on any atom is 0.168 e. The minimum Gasteiger partial charge on any atom is -0.338 e. The lowest BCUT2D eigenvalue weighted by Crippen LogP contribution is -2.43. The summed E-state index contributed by atoms with van der Waals surface area (Å²) in [6, 6.07) is -0.172. The zero-order valence-corrected chi connectivity index (χ0v) is 10.9. The molecule has 0 spiro atoms. The van der Waals surface area contributed by atoms with Crippen LogP contribution in [0.3, 0.4) is 0 Å². The van der Waals surface area contributed by atoms with E-state index >= 15 is 0 Å². The molecule has 0 aromatic rings. The Morgan fingerprint density at radius 1 is 1.44 bits per heavy atom. The smallest absolute Gasteiger partial charge is 0.168 e. The number of hydrogen-bond acceptors (Lipinski definition) is 5. The van der Waals surface area contributed by atoms with Crippen molar-refractivity contribution in [3.63, 3.8) is 0 Å². The van der Waals surface area contributed by atoms with Crippen LogP contribution in [0.5, 0.6) is 0 Å². The van der Waals surface area contributed by atoms with Crippen LogP contribution in [0.25, 0.3) is 0 Å². The summed E-state index contributed by atoms with van der Waals surface area (Å²) in [5.41, 5.74) is 10.2. The molecule has 1 atom stereocenters. The molecule has 1 unspecified atom stereocenters. The Kier molecular flexibility index (Phi) is 4.36. The van der Waals surface area contributed by atoms with Gasteiger partial charge in [-0.2, -0.15) is 5.10 Å². The van der Waals surface area contributed by atoms with Crippen molar-refractivity contribution in [3.05, 3.63) is 11.4 Å². The number of rotatable bonds is 4. The van der Waals surface area contributed by atoms with E-state index in [1.807, 2.05) is 6.92 Å². The molecule has 0 radical (unpaired) electrons. The first-order valence-electron chi connectivity index (χ1n) is 6.81. The van der Waals surface area contributed by atoms with E-state index in [2.05, 4.69) is 15.8 Å². The number of allylic oxidation sites excluding steroid dienone is 1. The SMILES string of the molecule is CCC(N)C1=C(C=O)NC(C2CCCCC2)=NN1. The highest BCUT2D eigenvalue weighted by molar-refractivity contribution is 5.92. The van der Waals surface area contributed by atoms with Crippen LogP contribution >= 0.6 is 0 Å². The van der Waals surface area contributed by atoms with Gasteiger partial charge in [-0.05, 0) is 19.3 Å². The first-order valence-corrected chi connectivity index (χ1v) is 6.81. The van der Waals surface area contributed by atoms with Crippen molar-refractivity contribution in [3.8, 4) is 0 Å². The molecule has 1 saturated carbocycles. The molecule has 1 aliphatic carbocycles. The van der Waals surface area contributed by atoms with Gasteiger partial charge in [0.1, 0.15) is 11.5 Å². The van der Waals surface area contributed by atoms with Gasteiger partial charge in [0.25, 0.3) is 0 Å². The van der Waals surface area contributed by atoms with Gasteiger partial charge in [-0.25, -0.2) is 0 Å². The van der Waals surface area contributed by atoms with Gasteiger partial charge in [0.15, 0.2) is 6.29 Å². The first-order chi connectivity index (χ1) is 8.76. The van der Waals surface area contributed by atoms with Gasteiger partial charge in [0, 0.05) is 12.0 Å². The molecule has 0 aromatic heterocycles. The van der Waals surface area contributed by atoms with Crippen molar-refractivity contribution in [1.82, 2.24) is 10.7 Å². The van der Waals surface area contributed by atoms with Crippen LogP contribution in [0, 0.1) is 5.92 Å². The summed E-state index contributed by atoms with van der Waals surface area (Å²) in [6.07, 6.45) is 7.69. The molecule has 100 valence electrons. The van der Waals surface area contributed by atoms with Gasteiger partial charge < -0.3 is 11.1 Å². The standard InChI is InChI=1S/C13H22N4O/c1-2-10(14)12-11(8-18)15-13(17-16-12)9-6-4-3-5-7-9/h8-10,16H,2-7,14H2,1H3,(H,15,17). The minimum absolute atomic E-state index is 0.172. The lowest BCUT2D eigenvalue weighted by atomic mass is 9.88. The number of nitrogens with zero attached hydrogens (tertiary/aromatic N) is 1. The number of hydrogen-bond donors (Lipinski definition) is 3. The second kappa shape index (κ2) is 6.00. The van der Waals surface area contributed by atoms with Crippen molar-refractivity contribution in [2.45, 2.75) is 51.5 Å². The third-order valence-electron chi connectivity index (χ3n) is 3.77. The molecule has 5 nitrogen and oxygen atoms in total. The van der Waals surface area contributed by atoms with Gasteiger partial charge in [-0.1, -0.05) is 26.2 Å². The van der Waals surface area contributed by atoms with Gasteiger partial charge in [0.05, 0.1) is 5.70 Å². The molecule has 0 bridgehead atoms. The second-order valence-corrected chi connectivity index (χ2v) is 5.03. The normalized spacial score (nSPS) is 22.9. The van der Waals surface area contributed by atoms with Gasteiger partial charge in [0.2, 0.25) is 0 Å². The lowest BCUT2D eigenvalue weighted by molar-refractivity contribution is -0.105. The van der Waals surface area contributed by atoms with Crippen LogP contribution in [0.2, 0.25) is 0 Å². The Balaban J connectivity index is 2.07. The monoisotopic (exact) mass is 250 g/mol. The molecule has 0 saturated heterocycles. The molecule has 18 heavy (non-hydrogen) atoms. The largest absolute Gasteiger partial charge is 0.338 e. The van der Waals surface area contributed by atoms with E-state index in [1.54, 1.807) is 0 Å². The van der Waals surface area contributed by atoms with Crippen molar-refractivity contribution < 1.29 is 4.79 Å². The van der Waals surface area contributed by atoms with Crippen LogP contribution in [0.15, 0.2) is 16.5 Å². The Labute approximate surface area is 108 Å². The summed E-state index contributed by atoms with van der Waals surface area (Å²) in [7, 11) is 0. The number of carbonyl (C=O) groups excluding carboxylic acids is 1. The van der Waals surface area contributed by atoms with E-state index in [4.69, 9.17) is 5.73 Å². The van der Waals surface area contributed by atoms with Crippen molar-refractivity contribution in [2.24, 2.45) is 16.8 Å². The Morgan fingerprint density at radius 2 is 2.17 bits per heavy atom. The fourth-order valence-corrected chi connectivity index (χ4v) is 2.56. The average Bonchev–Trinajstić information content (AvgIpc) is 2.46. The summed E-state index contributed by atoms with van der Waals surface area (Å²) >= 11 is 0. The third-order valence-corrected chi connectivity index (χ3v) is 3.77. The summed E-state index contributed by atoms with van der Waals surface area (Å²) < 4.78 is 0. The molecule has 5 heteroatoms. The quantitative estimate of drug-likeness (QED) is 0.655. The zero-order chi connectivity index (χ0) is 13.0. The molecular formula is C13H22N4O. The number of carbonyl (C=O) groups is 1. The van der Waals surface area contributed by atoms with E-state index in [-0.39, 0.29) is 6.04 Å². The van der Waals surface area contributed by atoms with Crippen LogP contribution in [-0.2, 0) is 4.79 Å². The topological polar surface area (TPSA) is 79.5 Å². The highest BCUT2D eigenvalue weighted by Crippen LogP contribution is 2.25. The van der Waals surface area contributed by atoms with Crippen LogP contribution in [-0.4, -0.2) is 18.2 Å². The van der Waals surface area contributed by atoms with Crippen LogP contribution in [0.4, 0.5) is 0 Å². The zero-order valence-electron chi connectivity index (χ0n) is 10.9. The van der Waals surface area contributed by atoms with Crippen LogP contribution < -0.4 is 16.5 Å². The predicted molar refractivity (Wildman–Crippen MR) is 71.6 cm³/mol. The summed E-state index contributed by atoms with van der Waals surface area (Å²) in [6.45, 7) is 1.99. The fourth-order valence-electron chi connectivity index (χ4n) is 2.56. The van der Waals surface area contributed by atoms with Crippen LogP contribution in [0.1, 0.15) is 45.4 Å². The maximum absolute atomic E-state index is 11.1. The minimum atomic E-state index is -0.172. The Morgan fingerprint density at radius 3 is 2.78 bits per heavy atom. The number of nitrogens with one attached hydrogen (secondary N) is 2. The lowest BCUT2D eigenvalue weighted by Gasteiger charge is -2.29. The highest BCUT2D eigenvalue weighted by atomic mass is 16.1.